The van der Waals surface area contributed by atoms with Crippen LogP contribution in [0, 0.1) is 18.8 Å². The van der Waals surface area contributed by atoms with Crippen LogP contribution in [0.4, 0.5) is 0 Å². The molecule has 2 rings (SSSR count). The first kappa shape index (κ1) is 39.3. The van der Waals surface area contributed by atoms with Crippen molar-refractivity contribution in [2.75, 3.05) is 21.3 Å². The molecule has 0 atom stereocenters. The number of hydrogen-bond donors (Lipinski definition) is 3. The summed E-state index contributed by atoms with van der Waals surface area (Å²) in [7, 11) is 4.65. The van der Waals surface area contributed by atoms with Gasteiger partial charge in [0.2, 0.25) is 5.91 Å². The van der Waals surface area contributed by atoms with Gasteiger partial charge in [0.25, 0.3) is 0 Å². The number of hydrogen-bond acceptors (Lipinski definition) is 6. The molecule has 0 fully saturated rings. The Hall–Kier alpha value is -3.74. The van der Waals surface area contributed by atoms with Gasteiger partial charge in [-0.1, -0.05) is 52.0 Å². The summed E-state index contributed by atoms with van der Waals surface area (Å²) in [5, 5.41) is 23.9. The molecule has 0 aliphatic heterocycles. The van der Waals surface area contributed by atoms with Crippen molar-refractivity contribution in [1.82, 2.24) is 5.32 Å². The molecule has 3 N–H and O–H groups in total. The lowest BCUT2D eigenvalue weighted by molar-refractivity contribution is -0.121. The van der Waals surface area contributed by atoms with Crippen molar-refractivity contribution in [3.8, 4) is 34.1 Å². The van der Waals surface area contributed by atoms with Crippen LogP contribution in [0.25, 0.3) is 11.1 Å². The van der Waals surface area contributed by atoms with Gasteiger partial charge in [-0.15, -0.1) is 0 Å². The van der Waals surface area contributed by atoms with Gasteiger partial charge in [0.1, 0.15) is 5.78 Å². The molecule has 250 valence electrons. The number of ether oxygens (including phenoxy) is 2. The quantitative estimate of drug-likeness (QED) is 0.113. The number of ketones is 1. The van der Waals surface area contributed by atoms with Crippen molar-refractivity contribution in [3.05, 3.63) is 59.7 Å². The SMILES string of the molecule is CNC(=O)CCCC/C=C/C(C)C.COc1cc(C)cc(-c2cc(CCC(=O)CCCC/C=C/C(C)C)cc(OC)c2O)c1O. The number of aryl methyl sites for hydroxylation is 2. The number of phenolic OH excluding ortho intramolecular Hbond substituents is 2. The first-order valence-electron chi connectivity index (χ1n) is 16.3. The van der Waals surface area contributed by atoms with Gasteiger partial charge in [0.05, 0.1) is 14.2 Å². The van der Waals surface area contributed by atoms with E-state index in [-0.39, 0.29) is 23.2 Å². The van der Waals surface area contributed by atoms with E-state index >= 15 is 0 Å². The average Bonchev–Trinajstić information content (AvgIpc) is 3.00. The molecule has 45 heavy (non-hydrogen) atoms. The predicted molar refractivity (Wildman–Crippen MR) is 185 cm³/mol. The van der Waals surface area contributed by atoms with Crippen molar-refractivity contribution in [1.29, 1.82) is 0 Å². The van der Waals surface area contributed by atoms with Crippen LogP contribution >= 0.6 is 0 Å². The van der Waals surface area contributed by atoms with Crippen LogP contribution in [-0.2, 0) is 16.0 Å². The smallest absolute Gasteiger partial charge is 0.219 e. The summed E-state index contributed by atoms with van der Waals surface area (Å²) in [4.78, 5) is 23.2. The Morgan fingerprint density at radius 3 is 1.78 bits per heavy atom. The van der Waals surface area contributed by atoms with Gasteiger partial charge in [0.15, 0.2) is 23.0 Å². The highest BCUT2D eigenvalue weighted by atomic mass is 16.5. The first-order chi connectivity index (χ1) is 21.4. The summed E-state index contributed by atoms with van der Waals surface area (Å²) in [5.41, 5.74) is 2.66. The Kier molecular flexibility index (Phi) is 19.1. The van der Waals surface area contributed by atoms with Crippen LogP contribution in [-0.4, -0.2) is 43.2 Å². The van der Waals surface area contributed by atoms with Crippen LogP contribution in [0.2, 0.25) is 0 Å². The van der Waals surface area contributed by atoms with Crippen LogP contribution in [0.1, 0.15) is 96.6 Å². The molecule has 7 nitrogen and oxygen atoms in total. The summed E-state index contributed by atoms with van der Waals surface area (Å²) in [6.07, 6.45) is 17.1. The zero-order valence-electron chi connectivity index (χ0n) is 28.9. The van der Waals surface area contributed by atoms with Crippen LogP contribution in [0.5, 0.6) is 23.0 Å². The Morgan fingerprint density at radius 2 is 1.27 bits per heavy atom. The largest absolute Gasteiger partial charge is 0.504 e. The number of carbonyl (C=O) groups is 2. The summed E-state index contributed by atoms with van der Waals surface area (Å²) in [5.74, 6) is 2.11. The molecule has 2 aromatic carbocycles. The molecule has 0 saturated heterocycles. The van der Waals surface area contributed by atoms with E-state index in [1.807, 2.05) is 6.92 Å². The van der Waals surface area contributed by atoms with Gasteiger partial charge >= 0.3 is 0 Å². The summed E-state index contributed by atoms with van der Waals surface area (Å²) >= 11 is 0. The second-order valence-electron chi connectivity index (χ2n) is 12.1. The van der Waals surface area contributed by atoms with Crippen molar-refractivity contribution >= 4 is 11.7 Å². The first-order valence-corrected chi connectivity index (χ1v) is 16.3. The third-order valence-electron chi connectivity index (χ3n) is 7.20. The van der Waals surface area contributed by atoms with E-state index in [9.17, 15) is 19.8 Å². The van der Waals surface area contributed by atoms with Crippen molar-refractivity contribution < 1.29 is 29.3 Å². The number of unbranched alkanes of at least 4 members (excludes halogenated alkanes) is 4. The molecular formula is C38H57NO6. The maximum Gasteiger partial charge on any atom is 0.219 e. The fourth-order valence-electron chi connectivity index (χ4n) is 4.68. The third-order valence-corrected chi connectivity index (χ3v) is 7.20. The van der Waals surface area contributed by atoms with E-state index in [1.165, 1.54) is 14.2 Å². The number of amides is 1. The minimum Gasteiger partial charge on any atom is -0.504 e. The fourth-order valence-corrected chi connectivity index (χ4v) is 4.68. The summed E-state index contributed by atoms with van der Waals surface area (Å²) < 4.78 is 10.6. The molecule has 0 spiro atoms. The van der Waals surface area contributed by atoms with E-state index in [1.54, 1.807) is 31.3 Å². The van der Waals surface area contributed by atoms with Crippen LogP contribution < -0.4 is 14.8 Å². The highest BCUT2D eigenvalue weighted by molar-refractivity contribution is 5.82. The standard InChI is InChI=1S/C27H36O5.C11H21NO/c1-18(2)10-8-6-7-9-11-21(28)13-12-20-16-23(27(30)25(17-20)32-5)22-14-19(3)15-24(31-4)26(22)29;1-10(2)8-6-4-5-7-9-11(13)12-3/h8,10,14-18,29-30H,6-7,9,11-13H2,1-5H3;6,8,10H,4-5,7,9H2,1-3H3,(H,12,13)/b10-8+;8-6+. The van der Waals surface area contributed by atoms with E-state index in [2.05, 4.69) is 57.3 Å². The number of allylic oxidation sites excluding steroid dienone is 4. The summed E-state index contributed by atoms with van der Waals surface area (Å²) in [6.45, 7) is 10.5. The molecule has 1 amide bonds. The number of benzene rings is 2. The Balaban J connectivity index is 0.000000656. The second-order valence-corrected chi connectivity index (χ2v) is 12.1. The van der Waals surface area contributed by atoms with Crippen molar-refractivity contribution in [3.63, 3.8) is 0 Å². The zero-order chi connectivity index (χ0) is 33.8. The molecule has 0 bridgehead atoms. The Morgan fingerprint density at radius 1 is 0.756 bits per heavy atom. The molecule has 0 aliphatic carbocycles. The van der Waals surface area contributed by atoms with Gasteiger partial charge in [-0.05, 0) is 99.1 Å². The number of carbonyl (C=O) groups excluding carboxylic acids is 2. The van der Waals surface area contributed by atoms with Gasteiger partial charge in [0, 0.05) is 37.4 Å². The average molecular weight is 624 g/mol. The molecule has 0 aromatic heterocycles. The Labute approximate surface area is 271 Å². The van der Waals surface area contributed by atoms with E-state index in [0.717, 1.165) is 49.7 Å². The number of nitrogens with one attached hydrogen (secondary N) is 1. The van der Waals surface area contributed by atoms with E-state index < -0.39 is 0 Å². The van der Waals surface area contributed by atoms with Gasteiger partial charge < -0.3 is 25.0 Å². The highest BCUT2D eigenvalue weighted by Gasteiger charge is 2.19. The number of aromatic hydroxyl groups is 2. The molecule has 0 radical (unpaired) electrons. The number of phenols is 2. The van der Waals surface area contributed by atoms with Gasteiger partial charge in [-0.25, -0.2) is 0 Å². The van der Waals surface area contributed by atoms with Gasteiger partial charge in [-0.2, -0.15) is 0 Å². The van der Waals surface area contributed by atoms with E-state index in [0.29, 0.717) is 60.1 Å². The monoisotopic (exact) mass is 623 g/mol. The number of rotatable bonds is 18. The maximum atomic E-state index is 12.4. The molecule has 0 heterocycles. The van der Waals surface area contributed by atoms with Crippen LogP contribution in [0.15, 0.2) is 48.6 Å². The molecule has 0 unspecified atom stereocenters. The van der Waals surface area contributed by atoms with Gasteiger partial charge in [-0.3, -0.25) is 9.59 Å². The molecular weight excluding hydrogens is 566 g/mol. The van der Waals surface area contributed by atoms with E-state index in [4.69, 9.17) is 9.47 Å². The number of methoxy groups -OCH3 is 2. The predicted octanol–water partition coefficient (Wildman–Crippen LogP) is 8.87. The minimum atomic E-state index is -0.0556. The molecule has 2 aromatic rings. The topological polar surface area (TPSA) is 105 Å². The maximum absolute atomic E-state index is 12.4. The lowest BCUT2D eigenvalue weighted by Crippen LogP contribution is -2.16. The summed E-state index contributed by atoms with van der Waals surface area (Å²) in [6, 6.07) is 7.06. The Bertz CT molecular complexity index is 1250. The lowest BCUT2D eigenvalue weighted by Gasteiger charge is -2.15. The number of Topliss-reactive ketones (excluding diaryl/α,β-unsaturated/α-hetero) is 1. The highest BCUT2D eigenvalue weighted by Crippen LogP contribution is 2.45. The zero-order valence-corrected chi connectivity index (χ0v) is 28.9. The van der Waals surface area contributed by atoms with Crippen molar-refractivity contribution in [2.24, 2.45) is 11.8 Å². The second kappa shape index (κ2) is 21.9. The normalized spacial score (nSPS) is 11.2. The lowest BCUT2D eigenvalue weighted by atomic mass is 9.96. The molecule has 7 heteroatoms. The minimum absolute atomic E-state index is 0.0461. The van der Waals surface area contributed by atoms with Crippen molar-refractivity contribution in [2.45, 2.75) is 98.8 Å². The third kappa shape index (κ3) is 15.7. The van der Waals surface area contributed by atoms with Crippen LogP contribution in [0.3, 0.4) is 0 Å². The fraction of sp³-hybridized carbons (Fsp3) is 0.526. The molecule has 0 aliphatic rings. The molecule has 0 saturated carbocycles.